The maximum atomic E-state index is 12.6. The van der Waals surface area contributed by atoms with Gasteiger partial charge >= 0.3 is 0 Å². The highest BCUT2D eigenvalue weighted by Crippen LogP contribution is 2.27. The van der Waals surface area contributed by atoms with Crippen molar-refractivity contribution in [3.63, 3.8) is 0 Å². The van der Waals surface area contributed by atoms with Gasteiger partial charge in [0.25, 0.3) is 0 Å². The van der Waals surface area contributed by atoms with Crippen molar-refractivity contribution in [1.29, 1.82) is 0 Å². The number of hydrogen-bond donors (Lipinski definition) is 1. The third-order valence-electron chi connectivity index (χ3n) is 4.91. The Morgan fingerprint density at radius 1 is 0.828 bits per heavy atom. The van der Waals surface area contributed by atoms with Gasteiger partial charge in [0.15, 0.2) is 0 Å². The summed E-state index contributed by atoms with van der Waals surface area (Å²) in [5.41, 5.74) is 3.17. The molecular formula is C24H22Cl3NO. The second-order valence-electron chi connectivity index (χ2n) is 7.15. The highest BCUT2D eigenvalue weighted by atomic mass is 35.5. The van der Waals surface area contributed by atoms with E-state index in [1.807, 2.05) is 73.7 Å². The maximum absolute atomic E-state index is 12.6. The van der Waals surface area contributed by atoms with Crippen molar-refractivity contribution < 1.29 is 4.79 Å². The van der Waals surface area contributed by atoms with Gasteiger partial charge in [-0.25, -0.2) is 0 Å². The second-order valence-corrected chi connectivity index (χ2v) is 8.46. The first kappa shape index (κ1) is 21.7. The normalized spacial score (nSPS) is 13.0. The SMILES string of the molecule is C[C@@H](NC(=O)Cc1cccc(Cl)c1)[C@H](Cc1ccc(Cl)cc1)c1ccc(Cl)cc1. The Morgan fingerprint density at radius 3 is 2.07 bits per heavy atom. The van der Waals surface area contributed by atoms with Gasteiger partial charge in [-0.1, -0.05) is 71.2 Å². The zero-order chi connectivity index (χ0) is 20.8. The lowest BCUT2D eigenvalue weighted by Gasteiger charge is -2.26. The fourth-order valence-electron chi connectivity index (χ4n) is 3.41. The van der Waals surface area contributed by atoms with E-state index in [-0.39, 0.29) is 17.9 Å². The fraction of sp³-hybridized carbons (Fsp3) is 0.208. The summed E-state index contributed by atoms with van der Waals surface area (Å²) in [6, 6.07) is 22.9. The van der Waals surface area contributed by atoms with Gasteiger partial charge in [-0.05, 0) is 66.4 Å². The van der Waals surface area contributed by atoms with E-state index in [0.29, 0.717) is 21.5 Å². The Bertz CT molecular complexity index is 955. The maximum Gasteiger partial charge on any atom is 0.224 e. The number of halogens is 3. The molecular weight excluding hydrogens is 425 g/mol. The minimum atomic E-state index is -0.0708. The van der Waals surface area contributed by atoms with E-state index >= 15 is 0 Å². The summed E-state index contributed by atoms with van der Waals surface area (Å²) in [5.74, 6) is 0.0617. The third-order valence-corrected chi connectivity index (χ3v) is 5.65. The molecule has 0 fully saturated rings. The van der Waals surface area contributed by atoms with Gasteiger partial charge in [-0.15, -0.1) is 0 Å². The Morgan fingerprint density at radius 2 is 1.45 bits per heavy atom. The molecule has 2 atom stereocenters. The summed E-state index contributed by atoms with van der Waals surface area (Å²) < 4.78 is 0. The third kappa shape index (κ3) is 6.50. The lowest BCUT2D eigenvalue weighted by molar-refractivity contribution is -0.121. The Balaban J connectivity index is 1.75. The van der Waals surface area contributed by atoms with E-state index in [9.17, 15) is 4.79 Å². The first-order chi connectivity index (χ1) is 13.9. The van der Waals surface area contributed by atoms with Crippen molar-refractivity contribution in [2.75, 3.05) is 0 Å². The molecule has 3 aromatic carbocycles. The van der Waals surface area contributed by atoms with Crippen LogP contribution in [0.5, 0.6) is 0 Å². The molecule has 0 spiro atoms. The average Bonchev–Trinajstić information content (AvgIpc) is 2.68. The molecule has 1 N–H and O–H groups in total. The van der Waals surface area contributed by atoms with Gasteiger partial charge in [0.05, 0.1) is 6.42 Å². The molecule has 0 unspecified atom stereocenters. The van der Waals surface area contributed by atoms with Crippen LogP contribution in [0.1, 0.15) is 29.5 Å². The quantitative estimate of drug-likeness (QED) is 0.429. The molecule has 29 heavy (non-hydrogen) atoms. The number of carbonyl (C=O) groups excluding carboxylic acids is 1. The van der Waals surface area contributed by atoms with E-state index in [1.54, 1.807) is 6.07 Å². The van der Waals surface area contributed by atoms with Gasteiger partial charge in [0.2, 0.25) is 5.91 Å². The molecule has 3 rings (SSSR count). The number of nitrogens with one attached hydrogen (secondary N) is 1. The first-order valence-electron chi connectivity index (χ1n) is 9.44. The van der Waals surface area contributed by atoms with Gasteiger partial charge in [-0.3, -0.25) is 4.79 Å². The fourth-order valence-corrected chi connectivity index (χ4v) is 3.87. The molecule has 0 aromatic heterocycles. The summed E-state index contributed by atoms with van der Waals surface area (Å²) in [7, 11) is 0. The molecule has 1 amide bonds. The molecule has 5 heteroatoms. The van der Waals surface area contributed by atoms with Gasteiger partial charge < -0.3 is 5.32 Å². The number of carbonyl (C=O) groups is 1. The Hall–Kier alpha value is -2.00. The number of amides is 1. The molecule has 0 saturated heterocycles. The molecule has 150 valence electrons. The first-order valence-corrected chi connectivity index (χ1v) is 10.6. The number of hydrogen-bond acceptors (Lipinski definition) is 1. The highest BCUT2D eigenvalue weighted by Gasteiger charge is 2.22. The Labute approximate surface area is 186 Å². The second kappa shape index (κ2) is 10.2. The molecule has 0 aliphatic heterocycles. The van der Waals surface area contributed by atoms with Crippen LogP contribution in [-0.2, 0) is 17.6 Å². The molecule has 0 heterocycles. The lowest BCUT2D eigenvalue weighted by Crippen LogP contribution is -2.38. The predicted molar refractivity (Wildman–Crippen MR) is 122 cm³/mol. The summed E-state index contributed by atoms with van der Waals surface area (Å²) >= 11 is 18.1. The molecule has 2 nitrogen and oxygen atoms in total. The van der Waals surface area contributed by atoms with E-state index < -0.39 is 0 Å². The van der Waals surface area contributed by atoms with Crippen LogP contribution in [0.3, 0.4) is 0 Å². The van der Waals surface area contributed by atoms with Crippen LogP contribution in [0.15, 0.2) is 72.8 Å². The largest absolute Gasteiger partial charge is 0.353 e. The highest BCUT2D eigenvalue weighted by molar-refractivity contribution is 6.31. The van der Waals surface area contributed by atoms with Crippen LogP contribution in [-0.4, -0.2) is 11.9 Å². The van der Waals surface area contributed by atoms with Crippen LogP contribution in [0.2, 0.25) is 15.1 Å². The molecule has 0 radical (unpaired) electrons. The molecule has 3 aromatic rings. The smallest absolute Gasteiger partial charge is 0.224 e. The van der Waals surface area contributed by atoms with Crippen LogP contribution in [0.4, 0.5) is 0 Å². The predicted octanol–water partition coefficient (Wildman–Crippen LogP) is 6.72. The molecule has 0 saturated carbocycles. The zero-order valence-electron chi connectivity index (χ0n) is 16.0. The summed E-state index contributed by atoms with van der Waals surface area (Å²) in [5, 5.41) is 5.18. The van der Waals surface area contributed by atoms with Crippen molar-refractivity contribution in [2.45, 2.75) is 31.7 Å². The van der Waals surface area contributed by atoms with Crippen LogP contribution < -0.4 is 5.32 Å². The van der Waals surface area contributed by atoms with Crippen LogP contribution in [0, 0.1) is 0 Å². The van der Waals surface area contributed by atoms with Crippen molar-refractivity contribution in [3.8, 4) is 0 Å². The topological polar surface area (TPSA) is 29.1 Å². The standard InChI is InChI=1S/C24H22Cl3NO/c1-16(28-24(29)15-18-3-2-4-22(27)13-18)23(19-7-11-21(26)12-8-19)14-17-5-9-20(25)10-6-17/h2-13,16,23H,14-15H2,1H3,(H,28,29)/t16-,23+/m1/s1. The van der Waals surface area contributed by atoms with Gasteiger partial charge in [0, 0.05) is 27.0 Å². The van der Waals surface area contributed by atoms with E-state index in [0.717, 1.165) is 23.1 Å². The van der Waals surface area contributed by atoms with Crippen molar-refractivity contribution in [1.82, 2.24) is 5.32 Å². The number of rotatable bonds is 7. The van der Waals surface area contributed by atoms with E-state index in [2.05, 4.69) is 5.32 Å². The van der Waals surface area contributed by atoms with Crippen molar-refractivity contribution >= 4 is 40.7 Å². The van der Waals surface area contributed by atoms with E-state index in [1.165, 1.54) is 0 Å². The number of benzene rings is 3. The minimum absolute atomic E-state index is 0.0326. The Kier molecular flexibility index (Phi) is 7.60. The average molecular weight is 447 g/mol. The molecule has 0 bridgehead atoms. The van der Waals surface area contributed by atoms with Crippen LogP contribution in [0.25, 0.3) is 0 Å². The monoisotopic (exact) mass is 445 g/mol. The van der Waals surface area contributed by atoms with E-state index in [4.69, 9.17) is 34.8 Å². The molecule has 0 aliphatic rings. The van der Waals surface area contributed by atoms with Gasteiger partial charge in [-0.2, -0.15) is 0 Å². The van der Waals surface area contributed by atoms with Crippen LogP contribution >= 0.6 is 34.8 Å². The van der Waals surface area contributed by atoms with Crippen molar-refractivity contribution in [2.24, 2.45) is 0 Å². The zero-order valence-corrected chi connectivity index (χ0v) is 18.3. The lowest BCUT2D eigenvalue weighted by atomic mass is 9.86. The van der Waals surface area contributed by atoms with Crippen molar-refractivity contribution in [3.05, 3.63) is 105 Å². The summed E-state index contributed by atoms with van der Waals surface area (Å²) in [6.07, 6.45) is 1.07. The minimum Gasteiger partial charge on any atom is -0.353 e. The van der Waals surface area contributed by atoms with Gasteiger partial charge in [0.1, 0.15) is 0 Å². The summed E-state index contributed by atoms with van der Waals surface area (Å²) in [4.78, 5) is 12.6. The summed E-state index contributed by atoms with van der Waals surface area (Å²) in [6.45, 7) is 2.03. The molecule has 0 aliphatic carbocycles.